The first kappa shape index (κ1) is 8.09. The van der Waals surface area contributed by atoms with E-state index in [1.54, 1.807) is 6.92 Å². The second-order valence-corrected chi connectivity index (χ2v) is 2.96. The number of aliphatic carboxylic acids is 1. The predicted octanol–water partition coefficient (Wildman–Crippen LogP) is 0.202. The Hall–Kier alpha value is -1.01. The van der Waals surface area contributed by atoms with Gasteiger partial charge in [-0.1, -0.05) is 0 Å². The van der Waals surface area contributed by atoms with Crippen LogP contribution in [0, 0.1) is 17.8 Å². The van der Waals surface area contributed by atoms with Crippen molar-refractivity contribution in [1.29, 1.82) is 0 Å². The number of carboxylic acid groups (broad SMARTS) is 1. The normalized spacial score (nSPS) is 34.9. The Kier molecular flexibility index (Phi) is 1.88. The molecule has 3 N–H and O–H groups in total. The molecule has 0 bridgehead atoms. The van der Waals surface area contributed by atoms with E-state index in [-0.39, 0.29) is 5.92 Å². The van der Waals surface area contributed by atoms with Crippen LogP contribution < -0.4 is 5.73 Å². The van der Waals surface area contributed by atoms with Crippen molar-refractivity contribution in [3.8, 4) is 11.8 Å². The molecule has 0 heterocycles. The van der Waals surface area contributed by atoms with Gasteiger partial charge in [-0.2, -0.15) is 0 Å². The number of hydrogen-bond acceptors (Lipinski definition) is 2. The summed E-state index contributed by atoms with van der Waals surface area (Å²) in [7, 11) is 0. The molecule has 1 fully saturated rings. The zero-order valence-electron chi connectivity index (χ0n) is 6.42. The number of carbonyl (C=O) groups is 1. The molecule has 0 amide bonds. The molecule has 0 unspecified atom stereocenters. The van der Waals surface area contributed by atoms with Crippen molar-refractivity contribution >= 4 is 5.97 Å². The van der Waals surface area contributed by atoms with Crippen molar-refractivity contribution in [3.63, 3.8) is 0 Å². The molecule has 0 radical (unpaired) electrons. The minimum atomic E-state index is -0.992. The van der Waals surface area contributed by atoms with Gasteiger partial charge in [-0.05, 0) is 19.8 Å². The quantitative estimate of drug-likeness (QED) is 0.529. The van der Waals surface area contributed by atoms with Gasteiger partial charge in [0.15, 0.2) is 0 Å². The van der Waals surface area contributed by atoms with Crippen LogP contribution in [0.3, 0.4) is 0 Å². The molecule has 1 saturated carbocycles. The Bertz CT molecular complexity index is 230. The maximum Gasteiger partial charge on any atom is 0.323 e. The minimum Gasteiger partial charge on any atom is -0.480 e. The highest BCUT2D eigenvalue weighted by atomic mass is 16.4. The second-order valence-electron chi connectivity index (χ2n) is 2.96. The molecule has 3 heteroatoms. The highest BCUT2D eigenvalue weighted by Crippen LogP contribution is 2.35. The lowest BCUT2D eigenvalue weighted by Crippen LogP contribution is -2.57. The van der Waals surface area contributed by atoms with E-state index in [1.807, 2.05) is 0 Å². The van der Waals surface area contributed by atoms with Crippen molar-refractivity contribution in [1.82, 2.24) is 0 Å². The van der Waals surface area contributed by atoms with Crippen LogP contribution in [0.15, 0.2) is 0 Å². The predicted molar refractivity (Wildman–Crippen MR) is 40.7 cm³/mol. The fraction of sp³-hybridized carbons (Fsp3) is 0.625. The first-order chi connectivity index (χ1) is 5.08. The van der Waals surface area contributed by atoms with Crippen LogP contribution in [0.25, 0.3) is 0 Å². The van der Waals surface area contributed by atoms with Crippen molar-refractivity contribution < 1.29 is 9.90 Å². The molecule has 0 aliphatic heterocycles. The standard InChI is InChI=1S/C8H11NO2/c1-2-3-6-4-8(9,5-6)7(10)11/h6H,4-5,9H2,1H3,(H,10,11). The largest absolute Gasteiger partial charge is 0.480 e. The summed E-state index contributed by atoms with van der Waals surface area (Å²) in [4.78, 5) is 10.5. The highest BCUT2D eigenvalue weighted by molar-refractivity contribution is 5.80. The number of carboxylic acids is 1. The lowest BCUT2D eigenvalue weighted by atomic mass is 9.69. The van der Waals surface area contributed by atoms with Gasteiger partial charge in [-0.15, -0.1) is 11.8 Å². The molecule has 0 saturated heterocycles. The van der Waals surface area contributed by atoms with Crippen LogP contribution in [0.5, 0.6) is 0 Å². The fourth-order valence-corrected chi connectivity index (χ4v) is 1.30. The van der Waals surface area contributed by atoms with Crippen molar-refractivity contribution in [2.24, 2.45) is 11.7 Å². The first-order valence-corrected chi connectivity index (χ1v) is 3.53. The van der Waals surface area contributed by atoms with Gasteiger partial charge in [0.25, 0.3) is 0 Å². The molecule has 0 aromatic heterocycles. The van der Waals surface area contributed by atoms with Crippen molar-refractivity contribution in [2.45, 2.75) is 25.3 Å². The second kappa shape index (κ2) is 2.55. The number of hydrogen-bond donors (Lipinski definition) is 2. The third kappa shape index (κ3) is 1.36. The molecule has 11 heavy (non-hydrogen) atoms. The Morgan fingerprint density at radius 2 is 2.27 bits per heavy atom. The van der Waals surface area contributed by atoms with Gasteiger partial charge in [0.05, 0.1) is 0 Å². The molecule has 60 valence electrons. The molecule has 0 aromatic carbocycles. The molecule has 1 rings (SSSR count). The number of nitrogens with two attached hydrogens (primary N) is 1. The molecule has 3 nitrogen and oxygen atoms in total. The summed E-state index contributed by atoms with van der Waals surface area (Å²) in [5.41, 5.74) is 4.51. The molecule has 0 spiro atoms. The summed E-state index contributed by atoms with van der Waals surface area (Å²) in [6.45, 7) is 1.75. The third-order valence-electron chi connectivity index (χ3n) is 2.00. The van der Waals surface area contributed by atoms with E-state index >= 15 is 0 Å². The first-order valence-electron chi connectivity index (χ1n) is 3.53. The van der Waals surface area contributed by atoms with Crippen LogP contribution in [0.2, 0.25) is 0 Å². The average Bonchev–Trinajstić information content (AvgIpc) is 1.84. The summed E-state index contributed by atoms with van der Waals surface area (Å²) in [6.07, 6.45) is 0.979. The highest BCUT2D eigenvalue weighted by Gasteiger charge is 2.46. The molecule has 1 aliphatic carbocycles. The zero-order chi connectivity index (χ0) is 8.48. The van der Waals surface area contributed by atoms with Crippen LogP contribution >= 0.6 is 0 Å². The van der Waals surface area contributed by atoms with Gasteiger partial charge in [0.2, 0.25) is 0 Å². The van der Waals surface area contributed by atoms with E-state index in [2.05, 4.69) is 11.8 Å². The third-order valence-corrected chi connectivity index (χ3v) is 2.00. The van der Waals surface area contributed by atoms with Crippen LogP contribution in [-0.4, -0.2) is 16.6 Å². The van der Waals surface area contributed by atoms with Gasteiger partial charge in [0, 0.05) is 5.92 Å². The molecular formula is C8H11NO2. The smallest absolute Gasteiger partial charge is 0.323 e. The van der Waals surface area contributed by atoms with Crippen molar-refractivity contribution in [3.05, 3.63) is 0 Å². The van der Waals surface area contributed by atoms with Gasteiger partial charge >= 0.3 is 5.97 Å². The van der Waals surface area contributed by atoms with E-state index in [0.29, 0.717) is 12.8 Å². The van der Waals surface area contributed by atoms with Crippen LogP contribution in [0.1, 0.15) is 19.8 Å². The number of rotatable bonds is 1. The Morgan fingerprint density at radius 1 is 1.73 bits per heavy atom. The Balaban J connectivity index is 2.48. The van der Waals surface area contributed by atoms with Gasteiger partial charge in [-0.25, -0.2) is 0 Å². The van der Waals surface area contributed by atoms with E-state index in [0.717, 1.165) is 0 Å². The lowest BCUT2D eigenvalue weighted by Gasteiger charge is -2.38. The summed E-state index contributed by atoms with van der Waals surface area (Å²) in [5, 5.41) is 8.61. The van der Waals surface area contributed by atoms with Gasteiger partial charge < -0.3 is 10.8 Å². The SMILES string of the molecule is CC#CC1CC(N)(C(=O)O)C1. The summed E-state index contributed by atoms with van der Waals surface area (Å²) < 4.78 is 0. The van der Waals surface area contributed by atoms with E-state index < -0.39 is 11.5 Å². The maximum absolute atomic E-state index is 10.5. The fourth-order valence-electron chi connectivity index (χ4n) is 1.30. The van der Waals surface area contributed by atoms with Crippen molar-refractivity contribution in [2.75, 3.05) is 0 Å². The average molecular weight is 153 g/mol. The van der Waals surface area contributed by atoms with Crippen LogP contribution in [-0.2, 0) is 4.79 Å². The van der Waals surface area contributed by atoms with E-state index in [1.165, 1.54) is 0 Å². The summed E-state index contributed by atoms with van der Waals surface area (Å²) in [5.74, 6) is 4.93. The lowest BCUT2D eigenvalue weighted by molar-refractivity contribution is -0.147. The van der Waals surface area contributed by atoms with Gasteiger partial charge in [-0.3, -0.25) is 4.79 Å². The molecule has 0 atom stereocenters. The van der Waals surface area contributed by atoms with Crippen LogP contribution in [0.4, 0.5) is 0 Å². The Morgan fingerprint density at radius 3 is 2.64 bits per heavy atom. The zero-order valence-corrected chi connectivity index (χ0v) is 6.42. The minimum absolute atomic E-state index is 0.195. The summed E-state index contributed by atoms with van der Waals surface area (Å²) >= 11 is 0. The maximum atomic E-state index is 10.5. The van der Waals surface area contributed by atoms with Gasteiger partial charge in [0.1, 0.15) is 5.54 Å². The molecular weight excluding hydrogens is 142 g/mol. The van der Waals surface area contributed by atoms with E-state index in [4.69, 9.17) is 10.8 Å². The topological polar surface area (TPSA) is 63.3 Å². The Labute approximate surface area is 65.6 Å². The molecule has 0 aromatic rings. The molecule has 1 aliphatic rings. The summed E-state index contributed by atoms with van der Waals surface area (Å²) in [6, 6.07) is 0. The monoisotopic (exact) mass is 153 g/mol. The van der Waals surface area contributed by atoms with E-state index in [9.17, 15) is 4.79 Å².